The van der Waals surface area contributed by atoms with E-state index in [2.05, 4.69) is 44.5 Å². The number of nitrogens with zero attached hydrogens (tertiary/aromatic N) is 1. The highest BCUT2D eigenvalue weighted by atomic mass is 32.1. The number of hydrogen-bond donors (Lipinski definition) is 5. The van der Waals surface area contributed by atoms with Crippen molar-refractivity contribution in [3.8, 4) is 10.6 Å². The lowest BCUT2D eigenvalue weighted by molar-refractivity contribution is -0.191. The molecule has 1 atom stereocenters. The van der Waals surface area contributed by atoms with Crippen molar-refractivity contribution in [1.29, 1.82) is 0 Å². The summed E-state index contributed by atoms with van der Waals surface area (Å²) in [7, 11) is 0. The van der Waals surface area contributed by atoms with Gasteiger partial charge in [-0.1, -0.05) is 18.2 Å². The number of hydrogen-bond acceptors (Lipinski definition) is 9. The van der Waals surface area contributed by atoms with Gasteiger partial charge in [-0.3, -0.25) is 4.79 Å². The maximum Gasteiger partial charge on any atom is 0.373 e. The van der Waals surface area contributed by atoms with E-state index in [0.717, 1.165) is 41.5 Å². The monoisotopic (exact) mass is 534 g/mol. The lowest BCUT2D eigenvalue weighted by atomic mass is 10.1. The number of fused-ring (bicyclic) bond motifs is 1. The Labute approximate surface area is 214 Å². The molecule has 2 aromatic heterocycles. The molecule has 11 nitrogen and oxygen atoms in total. The molecule has 0 aliphatic heterocycles. The molecule has 0 saturated carbocycles. The van der Waals surface area contributed by atoms with Crippen molar-refractivity contribution in [3.05, 3.63) is 35.7 Å². The van der Waals surface area contributed by atoms with Gasteiger partial charge in [0.05, 0.1) is 10.6 Å². The second kappa shape index (κ2) is 15.2. The van der Waals surface area contributed by atoms with Crippen LogP contribution >= 0.6 is 22.7 Å². The first-order valence-electron chi connectivity index (χ1n) is 11.0. The van der Waals surface area contributed by atoms with E-state index in [1.54, 1.807) is 22.7 Å². The lowest BCUT2D eigenvalue weighted by Gasteiger charge is -2.14. The average Bonchev–Trinajstić information content (AvgIpc) is 3.48. The molecular weight excluding hydrogens is 508 g/mol. The number of anilines is 1. The van der Waals surface area contributed by atoms with Gasteiger partial charge in [0.15, 0.2) is 5.13 Å². The fraction of sp³-hybridized carbons (Fsp3) is 0.348. The Bertz CT molecular complexity index is 1160. The summed E-state index contributed by atoms with van der Waals surface area (Å²) in [5.74, 6) is -2.36. The Morgan fingerprint density at radius 3 is 2.47 bits per heavy atom. The third-order valence-electron chi connectivity index (χ3n) is 4.85. The van der Waals surface area contributed by atoms with Crippen LogP contribution in [-0.4, -0.2) is 58.4 Å². The van der Waals surface area contributed by atoms with E-state index in [1.807, 2.05) is 12.1 Å². The number of amides is 2. The van der Waals surface area contributed by atoms with E-state index in [9.17, 15) is 14.4 Å². The van der Waals surface area contributed by atoms with E-state index in [-0.39, 0.29) is 19.0 Å². The van der Waals surface area contributed by atoms with Crippen LogP contribution in [0.15, 0.2) is 35.7 Å². The Morgan fingerprint density at radius 1 is 1.06 bits per heavy atom. The minimum absolute atomic E-state index is 0.162. The van der Waals surface area contributed by atoms with Crippen molar-refractivity contribution in [2.24, 2.45) is 0 Å². The number of carboxylic acids is 2. The zero-order chi connectivity index (χ0) is 26.3. The maximum absolute atomic E-state index is 11.8. The number of rotatable bonds is 13. The smallest absolute Gasteiger partial charge is 0.373 e. The van der Waals surface area contributed by atoms with Crippen LogP contribution in [0.4, 0.5) is 9.93 Å². The number of aromatic nitrogens is 1. The van der Waals surface area contributed by atoms with Crippen LogP contribution in [0.2, 0.25) is 0 Å². The zero-order valence-corrected chi connectivity index (χ0v) is 20.8. The van der Waals surface area contributed by atoms with Gasteiger partial charge in [0.1, 0.15) is 6.04 Å². The van der Waals surface area contributed by atoms with Gasteiger partial charge >= 0.3 is 24.1 Å². The quantitative estimate of drug-likeness (QED) is 0.205. The molecule has 0 spiro atoms. The van der Waals surface area contributed by atoms with Crippen molar-refractivity contribution in [1.82, 2.24) is 15.6 Å². The highest BCUT2D eigenvalue weighted by Gasteiger charge is 2.20. The van der Waals surface area contributed by atoms with Gasteiger partial charge in [0, 0.05) is 29.6 Å². The summed E-state index contributed by atoms with van der Waals surface area (Å²) in [6.45, 7) is 1.17. The number of benzene rings is 1. The SMILES string of the molecule is O=C(O)CC[C@H](NC(=O)NCCCCCNc1nc(-c2cc3ccccc3s2)cs1)C(=O)O.O=C=O. The number of thiophene rings is 1. The molecule has 0 radical (unpaired) electrons. The fourth-order valence-corrected chi connectivity index (χ4v) is 4.97. The topological polar surface area (TPSA) is 175 Å². The third-order valence-corrected chi connectivity index (χ3v) is 6.79. The number of carbonyl (C=O) groups excluding carboxylic acids is 3. The molecule has 0 unspecified atom stereocenters. The molecule has 3 rings (SSSR count). The fourth-order valence-electron chi connectivity index (χ4n) is 3.13. The van der Waals surface area contributed by atoms with Crippen LogP contribution in [0.3, 0.4) is 0 Å². The normalized spacial score (nSPS) is 11.0. The van der Waals surface area contributed by atoms with Crippen LogP contribution in [0.5, 0.6) is 0 Å². The molecule has 3 aromatic rings. The standard InChI is InChI=1S/C22H26N4O5S2.CO2/c27-19(28)9-8-15(20(29)30)25-21(31)23-10-4-1-5-11-24-22-26-16(13-32-22)18-12-14-6-2-3-7-17(14)33-18;2-1-3/h2-3,6-7,12-13,15H,1,4-5,8-11H2,(H,24,26)(H,27,28)(H,29,30)(H2,23,25,31);/t15-;/m0./s1. The largest absolute Gasteiger partial charge is 0.481 e. The molecule has 2 amide bonds. The summed E-state index contributed by atoms with van der Waals surface area (Å²) in [4.78, 5) is 55.5. The third kappa shape index (κ3) is 9.82. The van der Waals surface area contributed by atoms with Crippen molar-refractivity contribution < 1.29 is 34.2 Å². The highest BCUT2D eigenvalue weighted by Crippen LogP contribution is 2.34. The highest BCUT2D eigenvalue weighted by molar-refractivity contribution is 7.22. The minimum atomic E-state index is -1.25. The van der Waals surface area contributed by atoms with Crippen LogP contribution in [0, 0.1) is 0 Å². The molecule has 36 heavy (non-hydrogen) atoms. The number of carbonyl (C=O) groups is 3. The molecule has 0 aliphatic carbocycles. The molecule has 1 aromatic carbocycles. The first-order valence-corrected chi connectivity index (χ1v) is 12.7. The van der Waals surface area contributed by atoms with E-state index in [4.69, 9.17) is 19.8 Å². The van der Waals surface area contributed by atoms with Gasteiger partial charge in [-0.2, -0.15) is 9.59 Å². The lowest BCUT2D eigenvalue weighted by Crippen LogP contribution is -2.46. The Balaban J connectivity index is 0.00000145. The van der Waals surface area contributed by atoms with Crippen LogP contribution in [0.1, 0.15) is 32.1 Å². The summed E-state index contributed by atoms with van der Waals surface area (Å²) in [5.41, 5.74) is 0.974. The summed E-state index contributed by atoms with van der Waals surface area (Å²) < 4.78 is 1.25. The van der Waals surface area contributed by atoms with E-state index < -0.39 is 24.0 Å². The predicted molar refractivity (Wildman–Crippen MR) is 135 cm³/mol. The summed E-state index contributed by atoms with van der Waals surface area (Å²) >= 11 is 3.31. The number of urea groups is 1. The van der Waals surface area contributed by atoms with Crippen LogP contribution in [-0.2, 0) is 19.2 Å². The van der Waals surface area contributed by atoms with Gasteiger partial charge in [0.25, 0.3) is 0 Å². The molecule has 5 N–H and O–H groups in total. The molecule has 192 valence electrons. The number of unbranched alkanes of at least 4 members (excludes halogenated alkanes) is 2. The summed E-state index contributed by atoms with van der Waals surface area (Å²) in [6, 6.07) is 8.61. The van der Waals surface area contributed by atoms with Crippen molar-refractivity contribution in [2.45, 2.75) is 38.1 Å². The predicted octanol–water partition coefficient (Wildman–Crippen LogP) is 3.64. The molecule has 13 heteroatoms. The first-order chi connectivity index (χ1) is 17.3. The number of nitrogens with one attached hydrogen (secondary N) is 3. The van der Waals surface area contributed by atoms with E-state index >= 15 is 0 Å². The minimum Gasteiger partial charge on any atom is -0.481 e. The number of aliphatic carboxylic acids is 2. The van der Waals surface area contributed by atoms with Crippen LogP contribution in [0.25, 0.3) is 20.7 Å². The molecule has 0 aliphatic rings. The Kier molecular flexibility index (Phi) is 12.0. The zero-order valence-electron chi connectivity index (χ0n) is 19.2. The van der Waals surface area contributed by atoms with Gasteiger partial charge in [0.2, 0.25) is 0 Å². The number of thiazole rings is 1. The van der Waals surface area contributed by atoms with Crippen LogP contribution < -0.4 is 16.0 Å². The average molecular weight is 535 g/mol. The van der Waals surface area contributed by atoms with Crippen molar-refractivity contribution in [2.75, 3.05) is 18.4 Å². The number of carboxylic acid groups (broad SMARTS) is 2. The van der Waals surface area contributed by atoms with Gasteiger partial charge < -0.3 is 26.2 Å². The second-order valence-corrected chi connectivity index (χ2v) is 9.42. The second-order valence-electron chi connectivity index (χ2n) is 7.48. The van der Waals surface area contributed by atoms with Crippen molar-refractivity contribution in [3.63, 3.8) is 0 Å². The summed E-state index contributed by atoms with van der Waals surface area (Å²) in [6.07, 6.45) is 2.29. The van der Waals surface area contributed by atoms with Crippen molar-refractivity contribution >= 4 is 62.0 Å². The Morgan fingerprint density at radius 2 is 1.78 bits per heavy atom. The van der Waals surface area contributed by atoms with Gasteiger partial charge in [-0.25, -0.2) is 14.6 Å². The van der Waals surface area contributed by atoms with Gasteiger partial charge in [-0.15, -0.1) is 22.7 Å². The Hall–Kier alpha value is -3.80. The summed E-state index contributed by atoms with van der Waals surface area (Å²) in [5, 5.41) is 30.1. The molecule has 0 saturated heterocycles. The van der Waals surface area contributed by atoms with E-state index in [0.29, 0.717) is 6.54 Å². The van der Waals surface area contributed by atoms with Gasteiger partial charge in [-0.05, 0) is 43.2 Å². The first kappa shape index (κ1) is 28.4. The molecular formula is C23H26N4O7S2. The molecule has 2 heterocycles. The molecule has 0 fully saturated rings. The molecule has 0 bridgehead atoms. The van der Waals surface area contributed by atoms with E-state index in [1.165, 1.54) is 10.1 Å². The maximum atomic E-state index is 11.8.